The lowest BCUT2D eigenvalue weighted by atomic mass is 9.97. The van der Waals surface area contributed by atoms with Crippen molar-refractivity contribution in [1.29, 1.82) is 0 Å². The fourth-order valence-electron chi connectivity index (χ4n) is 3.21. The van der Waals surface area contributed by atoms with Crippen molar-refractivity contribution in [3.63, 3.8) is 0 Å². The van der Waals surface area contributed by atoms with E-state index in [0.717, 1.165) is 16.9 Å². The van der Waals surface area contributed by atoms with Gasteiger partial charge in [0, 0.05) is 5.75 Å². The summed E-state index contributed by atoms with van der Waals surface area (Å²) in [6, 6.07) is 3.87. The zero-order chi connectivity index (χ0) is 19.9. The molecule has 2 aliphatic heterocycles. The predicted octanol–water partition coefficient (Wildman–Crippen LogP) is 4.16. The lowest BCUT2D eigenvalue weighted by Gasteiger charge is -2.27. The minimum absolute atomic E-state index is 0.0986. The monoisotopic (exact) mass is 486 g/mol. The van der Waals surface area contributed by atoms with Crippen LogP contribution in [0.1, 0.15) is 23.2 Å². The highest BCUT2D eigenvalue weighted by Gasteiger charge is 2.44. The highest BCUT2D eigenvalue weighted by Crippen LogP contribution is 2.40. The molecule has 0 radical (unpaired) electrons. The number of aryl methyl sites for hydroxylation is 3. The molecule has 28 heavy (non-hydrogen) atoms. The summed E-state index contributed by atoms with van der Waals surface area (Å²) in [5, 5.41) is 5.63. The average molecular weight is 487 g/mol. The van der Waals surface area contributed by atoms with Crippen LogP contribution in [0.4, 0.5) is 5.88 Å². The topological polar surface area (TPSA) is 90.7 Å². The third kappa shape index (κ3) is 3.42. The Morgan fingerprint density at radius 1 is 1.29 bits per heavy atom. The smallest absolute Gasteiger partial charge is 0.252 e. The second-order valence-electron chi connectivity index (χ2n) is 6.83. The van der Waals surface area contributed by atoms with E-state index in [2.05, 4.69) is 25.8 Å². The number of thioether (sulfide) groups is 1. The largest absolute Gasteiger partial charge is 0.454 e. The van der Waals surface area contributed by atoms with Crippen LogP contribution in [0.15, 0.2) is 32.6 Å². The van der Waals surface area contributed by atoms with E-state index in [0.29, 0.717) is 34.5 Å². The van der Waals surface area contributed by atoms with E-state index in [4.69, 9.17) is 14.0 Å². The molecule has 0 saturated carbocycles. The number of sulfonamides is 1. The summed E-state index contributed by atoms with van der Waals surface area (Å²) in [5.74, 6) is 1.97. The van der Waals surface area contributed by atoms with E-state index in [1.165, 1.54) is 11.8 Å². The van der Waals surface area contributed by atoms with E-state index in [-0.39, 0.29) is 12.7 Å². The highest BCUT2D eigenvalue weighted by atomic mass is 79.9. The third-order valence-electron chi connectivity index (χ3n) is 5.00. The van der Waals surface area contributed by atoms with Crippen LogP contribution in [-0.4, -0.2) is 30.9 Å². The van der Waals surface area contributed by atoms with Gasteiger partial charge in [-0.05, 0) is 71.3 Å². The molecule has 2 aromatic rings. The molecule has 0 spiro atoms. The van der Waals surface area contributed by atoms with Crippen LogP contribution < -0.4 is 14.2 Å². The van der Waals surface area contributed by atoms with Gasteiger partial charge in [-0.2, -0.15) is 0 Å². The molecule has 2 aliphatic rings. The van der Waals surface area contributed by atoms with Gasteiger partial charge in [-0.1, -0.05) is 11.2 Å². The zero-order valence-electron chi connectivity index (χ0n) is 15.3. The minimum atomic E-state index is -3.76. The van der Waals surface area contributed by atoms with Gasteiger partial charge >= 0.3 is 0 Å². The van der Waals surface area contributed by atoms with Crippen molar-refractivity contribution in [2.75, 3.05) is 17.3 Å². The first-order chi connectivity index (χ1) is 13.3. The summed E-state index contributed by atoms with van der Waals surface area (Å²) in [5.41, 5.74) is 2.67. The van der Waals surface area contributed by atoms with E-state index in [9.17, 15) is 8.42 Å². The Morgan fingerprint density at radius 3 is 2.68 bits per heavy atom. The van der Waals surface area contributed by atoms with Crippen molar-refractivity contribution in [2.24, 2.45) is 0 Å². The van der Waals surface area contributed by atoms with Gasteiger partial charge in [0.2, 0.25) is 16.8 Å². The van der Waals surface area contributed by atoms with Crippen molar-refractivity contribution in [2.45, 2.75) is 31.4 Å². The number of halogens is 1. The molecular weight excluding hydrogens is 468 g/mol. The molecule has 0 amide bonds. The molecule has 1 aromatic heterocycles. The van der Waals surface area contributed by atoms with Crippen LogP contribution in [0.2, 0.25) is 0 Å². The highest BCUT2D eigenvalue weighted by molar-refractivity contribution is 9.10. The maximum absolute atomic E-state index is 13.3. The fraction of sp³-hybridized carbons (Fsp3) is 0.389. The Hall–Kier alpha value is -1.65. The van der Waals surface area contributed by atoms with Gasteiger partial charge < -0.3 is 14.0 Å². The van der Waals surface area contributed by atoms with Crippen LogP contribution in [0.3, 0.4) is 0 Å². The molecule has 1 atom stereocenters. The summed E-state index contributed by atoms with van der Waals surface area (Å²) < 4.78 is 44.5. The number of rotatable bonds is 6. The number of aromatic nitrogens is 1. The Bertz CT molecular complexity index is 1050. The number of benzene rings is 1. The number of anilines is 1. The number of ether oxygens (including phenoxy) is 2. The molecule has 150 valence electrons. The Morgan fingerprint density at radius 2 is 2.04 bits per heavy atom. The standard InChI is InChI=1S/C18H19BrN2O5S2/c1-11-7-14-15(25-10-24-14)8-13(11)3-4-18(5-6-27-9-18)28(22,23)21-17-16(19)12(2)20-26-17/h5-8,21H,3-4,9-10H2,1-2H3. The minimum Gasteiger partial charge on any atom is -0.454 e. The summed E-state index contributed by atoms with van der Waals surface area (Å²) in [6.07, 6.45) is 2.78. The van der Waals surface area contributed by atoms with Crippen LogP contribution in [0.25, 0.3) is 0 Å². The third-order valence-corrected chi connectivity index (χ3v) is 9.13. The number of hydrogen-bond acceptors (Lipinski definition) is 7. The first-order valence-corrected chi connectivity index (χ1v) is 12.0. The lowest BCUT2D eigenvalue weighted by molar-refractivity contribution is 0.174. The maximum atomic E-state index is 13.3. The quantitative estimate of drug-likeness (QED) is 0.655. The Kier molecular flexibility index (Phi) is 5.13. The van der Waals surface area contributed by atoms with E-state index < -0.39 is 14.8 Å². The number of nitrogens with one attached hydrogen (secondary N) is 1. The van der Waals surface area contributed by atoms with Crippen molar-refractivity contribution < 1.29 is 22.4 Å². The number of hydrogen-bond donors (Lipinski definition) is 1. The Labute approximate surface area is 176 Å². The second kappa shape index (κ2) is 7.31. The van der Waals surface area contributed by atoms with Crippen LogP contribution in [0.5, 0.6) is 11.5 Å². The molecule has 1 N–H and O–H groups in total. The van der Waals surface area contributed by atoms with Crippen LogP contribution in [0, 0.1) is 13.8 Å². The van der Waals surface area contributed by atoms with Crippen molar-refractivity contribution in [3.05, 3.63) is 44.9 Å². The van der Waals surface area contributed by atoms with Gasteiger partial charge in [0.1, 0.15) is 9.22 Å². The first kappa shape index (κ1) is 19.7. The van der Waals surface area contributed by atoms with Crippen molar-refractivity contribution in [1.82, 2.24) is 5.16 Å². The van der Waals surface area contributed by atoms with Crippen LogP contribution in [-0.2, 0) is 16.4 Å². The van der Waals surface area contributed by atoms with Gasteiger partial charge in [-0.3, -0.25) is 0 Å². The molecular formula is C18H19BrN2O5S2. The van der Waals surface area contributed by atoms with Gasteiger partial charge in [-0.15, -0.1) is 11.8 Å². The summed E-state index contributed by atoms with van der Waals surface area (Å²) in [7, 11) is -3.76. The predicted molar refractivity (Wildman–Crippen MR) is 111 cm³/mol. The molecule has 7 nitrogen and oxygen atoms in total. The SMILES string of the molecule is Cc1cc2c(cc1CCC1(S(=O)(=O)Nc3onc(C)c3Br)C=CSC1)OCO2. The normalized spacial score (nSPS) is 20.7. The molecule has 1 unspecified atom stereocenters. The van der Waals surface area contributed by atoms with E-state index in [1.807, 2.05) is 24.5 Å². The van der Waals surface area contributed by atoms with E-state index in [1.54, 1.807) is 13.0 Å². The molecule has 3 heterocycles. The first-order valence-electron chi connectivity index (χ1n) is 8.64. The average Bonchev–Trinajstić information content (AvgIpc) is 3.37. The van der Waals surface area contributed by atoms with Crippen molar-refractivity contribution in [3.8, 4) is 11.5 Å². The summed E-state index contributed by atoms with van der Waals surface area (Å²) in [4.78, 5) is 0. The molecule has 0 aliphatic carbocycles. The summed E-state index contributed by atoms with van der Waals surface area (Å²) in [6.45, 7) is 3.94. The fourth-order valence-corrected chi connectivity index (χ4v) is 6.68. The molecule has 0 bridgehead atoms. The lowest BCUT2D eigenvalue weighted by Crippen LogP contribution is -2.42. The van der Waals surface area contributed by atoms with Crippen molar-refractivity contribution >= 4 is 43.6 Å². The zero-order valence-corrected chi connectivity index (χ0v) is 18.5. The second-order valence-corrected chi connectivity index (χ2v) is 10.5. The molecule has 10 heteroatoms. The van der Waals surface area contributed by atoms with Gasteiger partial charge in [0.15, 0.2) is 11.5 Å². The van der Waals surface area contributed by atoms with Gasteiger partial charge in [-0.25, -0.2) is 13.1 Å². The van der Waals surface area contributed by atoms with Gasteiger partial charge in [0.05, 0.1) is 5.69 Å². The molecule has 4 rings (SSSR count). The molecule has 1 aromatic carbocycles. The van der Waals surface area contributed by atoms with E-state index >= 15 is 0 Å². The number of fused-ring (bicyclic) bond motifs is 1. The number of nitrogens with zero attached hydrogens (tertiary/aromatic N) is 1. The van der Waals surface area contributed by atoms with Gasteiger partial charge in [0.25, 0.3) is 5.88 Å². The maximum Gasteiger partial charge on any atom is 0.252 e. The van der Waals surface area contributed by atoms with Crippen LogP contribution >= 0.6 is 27.7 Å². The summed E-state index contributed by atoms with van der Waals surface area (Å²) >= 11 is 4.80. The molecule has 0 saturated heterocycles. The Balaban J connectivity index is 1.58. The molecule has 0 fully saturated rings.